The van der Waals surface area contributed by atoms with Gasteiger partial charge in [0.25, 0.3) is 0 Å². The average Bonchev–Trinajstić information content (AvgIpc) is 2.85. The van der Waals surface area contributed by atoms with Gasteiger partial charge in [-0.3, -0.25) is 4.90 Å². The Bertz CT molecular complexity index is 1130. The third-order valence-electron chi connectivity index (χ3n) is 6.73. The molecule has 0 bridgehead atoms. The summed E-state index contributed by atoms with van der Waals surface area (Å²) in [6, 6.07) is 14.4. The van der Waals surface area contributed by atoms with E-state index in [4.69, 9.17) is 19.4 Å². The van der Waals surface area contributed by atoms with E-state index in [-0.39, 0.29) is 5.82 Å². The zero-order valence-electron chi connectivity index (χ0n) is 19.8. The highest BCUT2D eigenvalue weighted by Crippen LogP contribution is 2.33. The highest BCUT2D eigenvalue weighted by Gasteiger charge is 2.27. The first-order chi connectivity index (χ1) is 16.6. The Hall–Kier alpha value is -3.19. The standard InChI is InChI=1S/C27H31FN4O2/c1-19-10-14-32(15-11-19)27-29-25-12-13-31(17-20-6-8-22(33-2)9-7-20)18-24(25)26(30-27)34-23-5-3-4-21(28)16-23/h3-9,16,19H,10-15,17-18H2,1-2H3. The highest BCUT2D eigenvalue weighted by molar-refractivity contribution is 5.44. The Balaban J connectivity index is 1.42. The predicted molar refractivity (Wildman–Crippen MR) is 130 cm³/mol. The fourth-order valence-electron chi connectivity index (χ4n) is 4.63. The number of hydrogen-bond acceptors (Lipinski definition) is 6. The minimum atomic E-state index is -0.327. The second-order valence-electron chi connectivity index (χ2n) is 9.29. The molecule has 1 aromatic heterocycles. The molecule has 0 unspecified atom stereocenters. The number of halogens is 1. The molecule has 2 aliphatic rings. The number of anilines is 1. The van der Waals surface area contributed by atoms with Gasteiger partial charge in [0, 0.05) is 45.2 Å². The topological polar surface area (TPSA) is 50.7 Å². The summed E-state index contributed by atoms with van der Waals surface area (Å²) in [5.41, 5.74) is 3.23. The number of aromatic nitrogens is 2. The summed E-state index contributed by atoms with van der Waals surface area (Å²) in [6.07, 6.45) is 3.09. The molecule has 0 saturated carbocycles. The van der Waals surface area contributed by atoms with Crippen molar-refractivity contribution in [2.75, 3.05) is 31.6 Å². The largest absolute Gasteiger partial charge is 0.497 e. The summed E-state index contributed by atoms with van der Waals surface area (Å²) in [5.74, 6) is 2.96. The van der Waals surface area contributed by atoms with E-state index in [0.29, 0.717) is 18.2 Å². The molecule has 34 heavy (non-hydrogen) atoms. The van der Waals surface area contributed by atoms with Gasteiger partial charge in [0.2, 0.25) is 11.8 Å². The van der Waals surface area contributed by atoms with Crippen molar-refractivity contribution in [3.05, 3.63) is 71.2 Å². The molecule has 2 aliphatic heterocycles. The Morgan fingerprint density at radius 2 is 1.79 bits per heavy atom. The van der Waals surface area contributed by atoms with Crippen LogP contribution in [-0.4, -0.2) is 41.6 Å². The van der Waals surface area contributed by atoms with E-state index in [2.05, 4.69) is 28.9 Å². The molecule has 5 rings (SSSR count). The van der Waals surface area contributed by atoms with Crippen LogP contribution >= 0.6 is 0 Å². The smallest absolute Gasteiger partial charge is 0.228 e. The van der Waals surface area contributed by atoms with Crippen LogP contribution in [0.15, 0.2) is 48.5 Å². The van der Waals surface area contributed by atoms with Crippen LogP contribution in [0.25, 0.3) is 0 Å². The molecule has 0 N–H and O–H groups in total. The first-order valence-corrected chi connectivity index (χ1v) is 12.0. The molecule has 3 heterocycles. The average molecular weight is 463 g/mol. The van der Waals surface area contributed by atoms with E-state index in [9.17, 15) is 4.39 Å². The maximum absolute atomic E-state index is 13.8. The zero-order valence-corrected chi connectivity index (χ0v) is 19.8. The molecule has 0 radical (unpaired) electrons. The molecule has 3 aromatic rings. The molecular weight excluding hydrogens is 431 g/mol. The number of nitrogens with zero attached hydrogens (tertiary/aromatic N) is 4. The third-order valence-corrected chi connectivity index (χ3v) is 6.73. The van der Waals surface area contributed by atoms with Gasteiger partial charge in [-0.25, -0.2) is 9.37 Å². The van der Waals surface area contributed by atoms with Gasteiger partial charge >= 0.3 is 0 Å². The number of hydrogen-bond donors (Lipinski definition) is 0. The SMILES string of the molecule is COc1ccc(CN2CCc3nc(N4CCC(C)CC4)nc(Oc4cccc(F)c4)c3C2)cc1. The van der Waals surface area contributed by atoms with E-state index in [1.54, 1.807) is 19.2 Å². The fourth-order valence-corrected chi connectivity index (χ4v) is 4.63. The lowest BCUT2D eigenvalue weighted by molar-refractivity contribution is 0.238. The van der Waals surface area contributed by atoms with Crippen LogP contribution in [0.4, 0.5) is 10.3 Å². The lowest BCUT2D eigenvalue weighted by atomic mass is 9.99. The van der Waals surface area contributed by atoms with Crippen LogP contribution in [0.1, 0.15) is 36.6 Å². The van der Waals surface area contributed by atoms with Crippen LogP contribution < -0.4 is 14.4 Å². The number of piperidine rings is 1. The van der Waals surface area contributed by atoms with Crippen molar-refractivity contribution in [2.24, 2.45) is 5.92 Å². The van der Waals surface area contributed by atoms with E-state index in [0.717, 1.165) is 74.3 Å². The van der Waals surface area contributed by atoms with Gasteiger partial charge in [-0.2, -0.15) is 4.98 Å². The molecule has 7 heteroatoms. The summed E-state index contributed by atoms with van der Waals surface area (Å²) in [5, 5.41) is 0. The second kappa shape index (κ2) is 9.97. The van der Waals surface area contributed by atoms with E-state index in [1.165, 1.54) is 17.7 Å². The van der Waals surface area contributed by atoms with Crippen LogP contribution in [0.5, 0.6) is 17.4 Å². The lowest BCUT2D eigenvalue weighted by Gasteiger charge is -2.33. The quantitative estimate of drug-likeness (QED) is 0.501. The summed E-state index contributed by atoms with van der Waals surface area (Å²) in [4.78, 5) is 14.4. The van der Waals surface area contributed by atoms with Gasteiger partial charge in [-0.15, -0.1) is 0 Å². The maximum Gasteiger partial charge on any atom is 0.228 e. The number of rotatable bonds is 6. The molecule has 178 valence electrons. The summed E-state index contributed by atoms with van der Waals surface area (Å²) in [6.45, 7) is 6.59. The molecule has 6 nitrogen and oxygen atoms in total. The van der Waals surface area contributed by atoms with Gasteiger partial charge < -0.3 is 14.4 Å². The number of ether oxygens (including phenoxy) is 2. The Labute approximate surface area is 200 Å². The van der Waals surface area contributed by atoms with Gasteiger partial charge in [-0.1, -0.05) is 25.1 Å². The van der Waals surface area contributed by atoms with Gasteiger partial charge in [0.05, 0.1) is 18.4 Å². The van der Waals surface area contributed by atoms with Crippen molar-refractivity contribution < 1.29 is 13.9 Å². The van der Waals surface area contributed by atoms with Crippen LogP contribution in [0.2, 0.25) is 0 Å². The normalized spacial score (nSPS) is 16.9. The van der Waals surface area contributed by atoms with Crippen molar-refractivity contribution in [3.63, 3.8) is 0 Å². The lowest BCUT2D eigenvalue weighted by Crippen LogP contribution is -2.36. The van der Waals surface area contributed by atoms with Crippen LogP contribution in [0.3, 0.4) is 0 Å². The molecule has 1 fully saturated rings. The minimum Gasteiger partial charge on any atom is -0.497 e. The molecule has 2 aromatic carbocycles. The van der Waals surface area contributed by atoms with Crippen molar-refractivity contribution in [3.8, 4) is 17.4 Å². The van der Waals surface area contributed by atoms with Gasteiger partial charge in [-0.05, 0) is 48.6 Å². The van der Waals surface area contributed by atoms with Gasteiger partial charge in [0.1, 0.15) is 17.3 Å². The predicted octanol–water partition coefficient (Wildman–Crippen LogP) is 5.21. The number of benzene rings is 2. The summed E-state index contributed by atoms with van der Waals surface area (Å²) in [7, 11) is 1.68. The number of fused-ring (bicyclic) bond motifs is 1. The number of methoxy groups -OCH3 is 1. The zero-order chi connectivity index (χ0) is 23.5. The molecule has 0 atom stereocenters. The molecule has 1 saturated heterocycles. The Morgan fingerprint density at radius 3 is 2.53 bits per heavy atom. The first kappa shape index (κ1) is 22.6. The van der Waals surface area contributed by atoms with Crippen molar-refractivity contribution in [1.82, 2.24) is 14.9 Å². The second-order valence-corrected chi connectivity index (χ2v) is 9.29. The van der Waals surface area contributed by atoms with E-state index >= 15 is 0 Å². The third kappa shape index (κ3) is 5.14. The maximum atomic E-state index is 13.8. The Morgan fingerprint density at radius 1 is 1.00 bits per heavy atom. The minimum absolute atomic E-state index is 0.327. The molecule has 0 spiro atoms. The van der Waals surface area contributed by atoms with Crippen LogP contribution in [0, 0.1) is 11.7 Å². The Kier molecular flexibility index (Phi) is 6.63. The van der Waals surface area contributed by atoms with Crippen molar-refractivity contribution in [2.45, 2.75) is 39.3 Å². The monoisotopic (exact) mass is 462 g/mol. The van der Waals surface area contributed by atoms with E-state index in [1.807, 2.05) is 12.1 Å². The fraction of sp³-hybridized carbons (Fsp3) is 0.407. The molecule has 0 amide bonds. The van der Waals surface area contributed by atoms with Gasteiger partial charge in [0.15, 0.2) is 0 Å². The van der Waals surface area contributed by atoms with Crippen molar-refractivity contribution in [1.29, 1.82) is 0 Å². The van der Waals surface area contributed by atoms with E-state index < -0.39 is 0 Å². The highest BCUT2D eigenvalue weighted by atomic mass is 19.1. The molecular formula is C27H31FN4O2. The van der Waals surface area contributed by atoms with Crippen LogP contribution in [-0.2, 0) is 19.5 Å². The molecule has 0 aliphatic carbocycles. The van der Waals surface area contributed by atoms with Crippen molar-refractivity contribution >= 4 is 5.95 Å². The summed E-state index contributed by atoms with van der Waals surface area (Å²) >= 11 is 0. The first-order valence-electron chi connectivity index (χ1n) is 12.0. The summed E-state index contributed by atoms with van der Waals surface area (Å²) < 4.78 is 25.3.